The van der Waals surface area contributed by atoms with Crippen LogP contribution in [0.25, 0.3) is 0 Å². The van der Waals surface area contributed by atoms with E-state index in [-0.39, 0.29) is 5.82 Å². The number of aliphatic imine (C=N–C) groups is 2. The highest BCUT2D eigenvalue weighted by Crippen LogP contribution is 2.27. The molecule has 1 atom stereocenters. The lowest BCUT2D eigenvalue weighted by Crippen LogP contribution is -2.45. The summed E-state index contributed by atoms with van der Waals surface area (Å²) < 4.78 is 14.8. The van der Waals surface area contributed by atoms with Gasteiger partial charge in [-0.25, -0.2) is 4.39 Å². The minimum atomic E-state index is -0.112. The zero-order chi connectivity index (χ0) is 25.0. The lowest BCUT2D eigenvalue weighted by atomic mass is 9.91. The molecule has 0 aromatic heterocycles. The second kappa shape index (κ2) is 14.2. The van der Waals surface area contributed by atoms with Gasteiger partial charge in [0.1, 0.15) is 5.82 Å². The van der Waals surface area contributed by atoms with Crippen LogP contribution in [0.15, 0.2) is 63.8 Å². The predicted molar refractivity (Wildman–Crippen MR) is 148 cm³/mol. The van der Waals surface area contributed by atoms with E-state index in [4.69, 9.17) is 11.6 Å². The fraction of sp³-hybridized carbons (Fsp3) is 0.517. The second-order valence-electron chi connectivity index (χ2n) is 10.1. The van der Waals surface area contributed by atoms with Crippen LogP contribution < -0.4 is 5.32 Å². The number of hydrogen-bond donors (Lipinski definition) is 1. The molecule has 190 valence electrons. The average Bonchev–Trinajstić information content (AvgIpc) is 2.78. The molecule has 0 spiro atoms. The second-order valence-corrected chi connectivity index (χ2v) is 10.5. The summed E-state index contributed by atoms with van der Waals surface area (Å²) in [4.78, 5) is 11.1. The molecule has 3 rings (SSSR count). The van der Waals surface area contributed by atoms with Gasteiger partial charge in [0.2, 0.25) is 0 Å². The van der Waals surface area contributed by atoms with Crippen molar-refractivity contribution in [1.82, 2.24) is 10.2 Å². The Morgan fingerprint density at radius 1 is 1.14 bits per heavy atom. The van der Waals surface area contributed by atoms with E-state index in [1.807, 2.05) is 6.07 Å². The largest absolute Gasteiger partial charge is 0.374 e. The molecule has 0 saturated carbocycles. The molecule has 1 unspecified atom stereocenters. The third-order valence-electron chi connectivity index (χ3n) is 6.82. The SMILES string of the molecule is C=C(C)CC1CN(C(=C)Cc2ccc(CCCCC3CCN=CN/C=C(/Cl)C=NCC3)cc2F)C1. The maximum Gasteiger partial charge on any atom is 0.127 e. The highest BCUT2D eigenvalue weighted by atomic mass is 35.5. The summed E-state index contributed by atoms with van der Waals surface area (Å²) in [5, 5.41) is 3.53. The number of aryl methyl sites for hydroxylation is 1. The molecule has 1 aromatic rings. The van der Waals surface area contributed by atoms with Crippen LogP contribution in [0, 0.1) is 17.7 Å². The molecule has 1 N–H and O–H groups in total. The van der Waals surface area contributed by atoms with Crippen molar-refractivity contribution in [3.05, 3.63) is 70.8 Å². The normalized spacial score (nSPS) is 20.7. The van der Waals surface area contributed by atoms with E-state index in [0.717, 1.165) is 87.9 Å². The molecule has 2 aliphatic heterocycles. The van der Waals surface area contributed by atoms with Crippen molar-refractivity contribution in [2.24, 2.45) is 21.8 Å². The van der Waals surface area contributed by atoms with Crippen molar-refractivity contribution in [2.75, 3.05) is 26.2 Å². The van der Waals surface area contributed by atoms with E-state index in [1.54, 1.807) is 24.8 Å². The zero-order valence-electron chi connectivity index (χ0n) is 21.1. The Morgan fingerprint density at radius 3 is 2.66 bits per heavy atom. The number of nitrogens with one attached hydrogen (secondary N) is 1. The summed E-state index contributed by atoms with van der Waals surface area (Å²) in [7, 11) is 0. The van der Waals surface area contributed by atoms with Gasteiger partial charge in [0.05, 0.1) is 11.4 Å². The molecule has 0 amide bonds. The number of unbranched alkanes of at least 4 members (excludes halogenated alkanes) is 1. The molecular weight excluding hydrogens is 459 g/mol. The van der Waals surface area contributed by atoms with Gasteiger partial charge in [-0.15, -0.1) is 6.58 Å². The number of likely N-dealkylation sites (tertiary alicyclic amines) is 1. The van der Waals surface area contributed by atoms with Crippen molar-refractivity contribution in [2.45, 2.75) is 58.3 Å². The Kier molecular flexibility index (Phi) is 11.1. The summed E-state index contributed by atoms with van der Waals surface area (Å²) in [5.41, 5.74) is 4.05. The molecule has 1 fully saturated rings. The van der Waals surface area contributed by atoms with E-state index in [9.17, 15) is 4.39 Å². The van der Waals surface area contributed by atoms with E-state index in [2.05, 4.69) is 46.3 Å². The van der Waals surface area contributed by atoms with Gasteiger partial charge in [-0.1, -0.05) is 48.7 Å². The van der Waals surface area contributed by atoms with Crippen molar-refractivity contribution < 1.29 is 4.39 Å². The summed E-state index contributed by atoms with van der Waals surface area (Å²) in [6.45, 7) is 13.9. The number of allylic oxidation sites excluding steroid dienone is 3. The first-order chi connectivity index (χ1) is 16.9. The smallest absolute Gasteiger partial charge is 0.127 e. The van der Waals surface area contributed by atoms with Gasteiger partial charge in [0.25, 0.3) is 0 Å². The van der Waals surface area contributed by atoms with Crippen molar-refractivity contribution in [1.29, 1.82) is 0 Å². The third kappa shape index (κ3) is 9.64. The van der Waals surface area contributed by atoms with Crippen LogP contribution in [-0.2, 0) is 12.8 Å². The van der Waals surface area contributed by atoms with Crippen LogP contribution in [0.2, 0.25) is 0 Å². The molecule has 2 aliphatic rings. The summed E-state index contributed by atoms with van der Waals surface area (Å²) in [5.74, 6) is 1.14. The van der Waals surface area contributed by atoms with Gasteiger partial charge in [0, 0.05) is 50.7 Å². The molecule has 0 aliphatic carbocycles. The van der Waals surface area contributed by atoms with E-state index >= 15 is 0 Å². The van der Waals surface area contributed by atoms with Crippen LogP contribution in [0.5, 0.6) is 0 Å². The Hall–Kier alpha value is -2.40. The first-order valence-corrected chi connectivity index (χ1v) is 13.2. The molecule has 1 aromatic carbocycles. The molecular formula is C29H40ClFN4. The van der Waals surface area contributed by atoms with Crippen molar-refractivity contribution in [3.63, 3.8) is 0 Å². The van der Waals surface area contributed by atoms with Gasteiger partial charge in [-0.3, -0.25) is 9.98 Å². The van der Waals surface area contributed by atoms with Gasteiger partial charge < -0.3 is 10.2 Å². The number of hydrogen-bond acceptors (Lipinski definition) is 4. The van der Waals surface area contributed by atoms with Crippen LogP contribution in [-0.4, -0.2) is 43.6 Å². The summed E-state index contributed by atoms with van der Waals surface area (Å²) in [6, 6.07) is 5.74. The first-order valence-electron chi connectivity index (χ1n) is 12.8. The highest BCUT2D eigenvalue weighted by Gasteiger charge is 2.27. The van der Waals surface area contributed by atoms with Crippen molar-refractivity contribution in [3.8, 4) is 0 Å². The third-order valence-corrected chi connectivity index (χ3v) is 7.02. The van der Waals surface area contributed by atoms with Gasteiger partial charge in [-0.05, 0) is 68.1 Å². The monoisotopic (exact) mass is 498 g/mol. The molecule has 6 heteroatoms. The van der Waals surface area contributed by atoms with E-state index in [0.29, 0.717) is 23.3 Å². The number of benzene rings is 1. The topological polar surface area (TPSA) is 40.0 Å². The molecule has 35 heavy (non-hydrogen) atoms. The van der Waals surface area contributed by atoms with Gasteiger partial charge in [0.15, 0.2) is 0 Å². The lowest BCUT2D eigenvalue weighted by Gasteiger charge is -2.42. The Labute approximate surface area is 215 Å². The summed E-state index contributed by atoms with van der Waals surface area (Å²) in [6.07, 6.45) is 13.0. The lowest BCUT2D eigenvalue weighted by molar-refractivity contribution is 0.140. The molecule has 0 radical (unpaired) electrons. The maximum absolute atomic E-state index is 14.8. The fourth-order valence-corrected chi connectivity index (χ4v) is 4.94. The van der Waals surface area contributed by atoms with E-state index in [1.165, 1.54) is 5.57 Å². The van der Waals surface area contributed by atoms with Crippen LogP contribution in [0.3, 0.4) is 0 Å². The number of nitrogens with zero attached hydrogens (tertiary/aromatic N) is 3. The standard InChI is InChI=1S/C29H40ClFN4/c1-22(2)14-26-19-35(20-26)23(3)15-27-9-8-25(16-29(27)31)7-5-4-6-24-10-12-32-17-28(30)18-34-21-33-13-11-24/h8-9,16-18,21,24,26H,1,3-7,10-15,19-20H2,2H3,(H,33,34)/b28-18+,32-17?. The van der Waals surface area contributed by atoms with Gasteiger partial charge in [-0.2, -0.15) is 0 Å². The maximum atomic E-state index is 14.8. The summed E-state index contributed by atoms with van der Waals surface area (Å²) >= 11 is 6.05. The molecule has 2 heterocycles. The molecule has 1 saturated heterocycles. The number of halogens is 2. The average molecular weight is 499 g/mol. The Bertz CT molecular complexity index is 946. The molecule has 4 nitrogen and oxygen atoms in total. The number of rotatable bonds is 10. The van der Waals surface area contributed by atoms with Crippen LogP contribution in [0.4, 0.5) is 4.39 Å². The van der Waals surface area contributed by atoms with Crippen molar-refractivity contribution >= 4 is 24.2 Å². The van der Waals surface area contributed by atoms with Gasteiger partial charge >= 0.3 is 0 Å². The first kappa shape index (κ1) is 27.2. The minimum absolute atomic E-state index is 0.112. The Balaban J connectivity index is 1.39. The highest BCUT2D eigenvalue weighted by molar-refractivity contribution is 6.39. The van der Waals surface area contributed by atoms with Crippen LogP contribution in [0.1, 0.15) is 56.6 Å². The minimum Gasteiger partial charge on any atom is -0.374 e. The molecule has 0 bridgehead atoms. The fourth-order valence-electron chi connectivity index (χ4n) is 4.80. The van der Waals surface area contributed by atoms with E-state index < -0.39 is 0 Å². The zero-order valence-corrected chi connectivity index (χ0v) is 21.9. The quantitative estimate of drug-likeness (QED) is 0.289. The van der Waals surface area contributed by atoms with Crippen LogP contribution >= 0.6 is 11.6 Å². The Morgan fingerprint density at radius 2 is 1.91 bits per heavy atom. The predicted octanol–water partition coefficient (Wildman–Crippen LogP) is 6.67.